The van der Waals surface area contributed by atoms with Crippen LogP contribution in [0.2, 0.25) is 0 Å². The van der Waals surface area contributed by atoms with E-state index in [0.29, 0.717) is 25.2 Å². The summed E-state index contributed by atoms with van der Waals surface area (Å²) in [6, 6.07) is 0. The van der Waals surface area contributed by atoms with Crippen molar-refractivity contribution in [3.05, 3.63) is 12.2 Å². The molecule has 1 saturated heterocycles. The molecule has 92 valence electrons. The lowest BCUT2D eigenvalue weighted by atomic mass is 10.3. The molecular weight excluding hydrogens is 210 g/mol. The van der Waals surface area contributed by atoms with Crippen LogP contribution in [0.3, 0.4) is 0 Å². The lowest BCUT2D eigenvalue weighted by molar-refractivity contribution is -0.122. The Labute approximate surface area is 95.4 Å². The predicted molar refractivity (Wildman–Crippen MR) is 58.8 cm³/mol. The fourth-order valence-corrected chi connectivity index (χ4v) is 1.15. The van der Waals surface area contributed by atoms with Gasteiger partial charge in [0.05, 0.1) is 6.61 Å². The number of hydrogen-bond acceptors (Lipinski definition) is 4. The van der Waals surface area contributed by atoms with E-state index in [9.17, 15) is 4.79 Å². The normalized spacial score (nSPS) is 20.2. The summed E-state index contributed by atoms with van der Waals surface area (Å²) >= 11 is 0. The Morgan fingerprint density at radius 2 is 2.38 bits per heavy atom. The van der Waals surface area contributed by atoms with Crippen LogP contribution >= 0.6 is 0 Å². The third kappa shape index (κ3) is 4.74. The smallest absolute Gasteiger partial charge is 0.248 e. The molecule has 1 aliphatic rings. The maximum Gasteiger partial charge on any atom is 0.248 e. The van der Waals surface area contributed by atoms with E-state index in [1.54, 1.807) is 6.92 Å². The number of carbonyl (C=O) groups excluding carboxylic acids is 1. The Balaban J connectivity index is 2.25. The number of nitrogens with one attached hydrogen (secondary N) is 1. The zero-order valence-electron chi connectivity index (χ0n) is 9.57. The molecular formula is C11H19NO4. The van der Waals surface area contributed by atoms with Gasteiger partial charge in [-0.1, -0.05) is 6.58 Å². The highest BCUT2D eigenvalue weighted by Gasteiger charge is 2.34. The second-order valence-electron chi connectivity index (χ2n) is 3.85. The van der Waals surface area contributed by atoms with Crippen molar-refractivity contribution in [3.8, 4) is 0 Å². The van der Waals surface area contributed by atoms with Gasteiger partial charge in [-0.05, 0) is 19.8 Å². The van der Waals surface area contributed by atoms with Crippen molar-refractivity contribution >= 4 is 5.91 Å². The third-order valence-electron chi connectivity index (χ3n) is 2.21. The van der Waals surface area contributed by atoms with E-state index in [-0.39, 0.29) is 18.6 Å². The number of amides is 1. The van der Waals surface area contributed by atoms with E-state index in [4.69, 9.17) is 14.6 Å². The van der Waals surface area contributed by atoms with Gasteiger partial charge in [-0.3, -0.25) is 4.79 Å². The van der Waals surface area contributed by atoms with E-state index in [1.165, 1.54) is 0 Å². The molecule has 5 heteroatoms. The molecule has 1 fully saturated rings. The van der Waals surface area contributed by atoms with Crippen molar-refractivity contribution in [1.29, 1.82) is 0 Å². The molecule has 2 unspecified atom stereocenters. The van der Waals surface area contributed by atoms with E-state index in [0.717, 1.165) is 6.42 Å². The largest absolute Gasteiger partial charge is 0.396 e. The minimum atomic E-state index is -0.400. The maximum absolute atomic E-state index is 11.4. The fraction of sp³-hybridized carbons (Fsp3) is 0.727. The zero-order valence-corrected chi connectivity index (χ0v) is 9.57. The first-order valence-corrected chi connectivity index (χ1v) is 5.45. The first-order valence-electron chi connectivity index (χ1n) is 5.45. The second-order valence-corrected chi connectivity index (χ2v) is 3.85. The first kappa shape index (κ1) is 13.2. The Hall–Kier alpha value is -0.910. The summed E-state index contributed by atoms with van der Waals surface area (Å²) < 4.78 is 10.6. The highest BCUT2D eigenvalue weighted by Crippen LogP contribution is 2.15. The predicted octanol–water partition coefficient (Wildman–Crippen LogP) is 0.193. The molecule has 5 nitrogen and oxygen atoms in total. The van der Waals surface area contributed by atoms with Gasteiger partial charge >= 0.3 is 0 Å². The molecule has 1 amide bonds. The van der Waals surface area contributed by atoms with Gasteiger partial charge < -0.3 is 19.9 Å². The number of rotatable bonds is 8. The van der Waals surface area contributed by atoms with E-state index in [2.05, 4.69) is 11.9 Å². The van der Waals surface area contributed by atoms with Crippen LogP contribution in [0.15, 0.2) is 12.2 Å². The van der Waals surface area contributed by atoms with Crippen LogP contribution in [0, 0.1) is 0 Å². The molecule has 0 aromatic heterocycles. The van der Waals surface area contributed by atoms with Gasteiger partial charge in [0.2, 0.25) is 5.91 Å². The summed E-state index contributed by atoms with van der Waals surface area (Å²) in [4.78, 5) is 11.4. The minimum Gasteiger partial charge on any atom is -0.396 e. The first-order chi connectivity index (χ1) is 7.65. The summed E-state index contributed by atoms with van der Waals surface area (Å²) in [5.41, 5.74) is 0.449. The Morgan fingerprint density at radius 3 is 2.88 bits per heavy atom. The molecule has 0 bridgehead atoms. The SMILES string of the molecule is C=C(C)C(=O)NC(OCCCCO)C1CO1. The number of hydrogen-bond donors (Lipinski definition) is 2. The molecule has 2 atom stereocenters. The van der Waals surface area contributed by atoms with E-state index in [1.807, 2.05) is 0 Å². The maximum atomic E-state index is 11.4. The van der Waals surface area contributed by atoms with Crippen molar-refractivity contribution in [2.45, 2.75) is 32.1 Å². The number of unbranched alkanes of at least 4 members (excludes halogenated alkanes) is 1. The lowest BCUT2D eigenvalue weighted by Gasteiger charge is -2.17. The van der Waals surface area contributed by atoms with Crippen molar-refractivity contribution in [3.63, 3.8) is 0 Å². The summed E-state index contributed by atoms with van der Waals surface area (Å²) in [6.07, 6.45) is 1.02. The molecule has 16 heavy (non-hydrogen) atoms. The quantitative estimate of drug-likeness (QED) is 0.270. The summed E-state index contributed by atoms with van der Waals surface area (Å²) in [5, 5.41) is 11.3. The average molecular weight is 229 g/mol. The van der Waals surface area contributed by atoms with Crippen LogP contribution in [0.5, 0.6) is 0 Å². The highest BCUT2D eigenvalue weighted by molar-refractivity contribution is 5.92. The van der Waals surface area contributed by atoms with Crippen molar-refractivity contribution < 1.29 is 19.4 Å². The van der Waals surface area contributed by atoms with Crippen LogP contribution in [-0.4, -0.2) is 43.2 Å². The molecule has 0 aromatic carbocycles. The number of aliphatic hydroxyl groups is 1. The number of aliphatic hydroxyl groups excluding tert-OH is 1. The molecule has 1 aliphatic heterocycles. The van der Waals surface area contributed by atoms with Crippen molar-refractivity contribution in [2.75, 3.05) is 19.8 Å². The summed E-state index contributed by atoms with van der Waals surface area (Å²) in [5.74, 6) is -0.220. The number of epoxide rings is 1. The highest BCUT2D eigenvalue weighted by atomic mass is 16.6. The third-order valence-corrected chi connectivity index (χ3v) is 2.21. The Morgan fingerprint density at radius 1 is 1.69 bits per heavy atom. The second kappa shape index (κ2) is 6.62. The lowest BCUT2D eigenvalue weighted by Crippen LogP contribution is -2.41. The van der Waals surface area contributed by atoms with E-state index >= 15 is 0 Å². The van der Waals surface area contributed by atoms with Gasteiger partial charge in [0.15, 0.2) is 6.23 Å². The average Bonchev–Trinajstić information content (AvgIpc) is 3.05. The fourth-order valence-electron chi connectivity index (χ4n) is 1.15. The summed E-state index contributed by atoms with van der Waals surface area (Å²) in [6.45, 7) is 6.47. The van der Waals surface area contributed by atoms with Crippen molar-refractivity contribution in [2.24, 2.45) is 0 Å². The molecule has 1 rings (SSSR count). The molecule has 0 spiro atoms. The molecule has 0 saturated carbocycles. The molecule has 0 aliphatic carbocycles. The van der Waals surface area contributed by atoms with Crippen LogP contribution in [0.25, 0.3) is 0 Å². The molecule has 2 N–H and O–H groups in total. The Bertz CT molecular complexity index is 250. The number of ether oxygens (including phenoxy) is 2. The van der Waals surface area contributed by atoms with Gasteiger partial charge in [-0.2, -0.15) is 0 Å². The van der Waals surface area contributed by atoms with Gasteiger partial charge in [0.25, 0.3) is 0 Å². The zero-order chi connectivity index (χ0) is 12.0. The van der Waals surface area contributed by atoms with Crippen LogP contribution in [0.4, 0.5) is 0 Å². The van der Waals surface area contributed by atoms with Gasteiger partial charge in [-0.25, -0.2) is 0 Å². The Kier molecular flexibility index (Phi) is 5.45. The van der Waals surface area contributed by atoms with Gasteiger partial charge in [-0.15, -0.1) is 0 Å². The van der Waals surface area contributed by atoms with Crippen molar-refractivity contribution in [1.82, 2.24) is 5.32 Å². The standard InChI is InChI=1S/C11H19NO4/c1-8(2)10(14)12-11(9-7-16-9)15-6-4-3-5-13/h9,11,13H,1,3-7H2,2H3,(H,12,14). The minimum absolute atomic E-state index is 0.0440. The molecule has 1 heterocycles. The van der Waals surface area contributed by atoms with Gasteiger partial charge in [0, 0.05) is 18.8 Å². The van der Waals surface area contributed by atoms with Crippen LogP contribution in [0.1, 0.15) is 19.8 Å². The van der Waals surface area contributed by atoms with Crippen LogP contribution in [-0.2, 0) is 14.3 Å². The molecule has 0 radical (unpaired) electrons. The topological polar surface area (TPSA) is 71.1 Å². The molecule has 0 aromatic rings. The van der Waals surface area contributed by atoms with E-state index < -0.39 is 6.23 Å². The number of carbonyl (C=O) groups is 1. The summed E-state index contributed by atoms with van der Waals surface area (Å²) in [7, 11) is 0. The van der Waals surface area contributed by atoms with Gasteiger partial charge in [0.1, 0.15) is 6.10 Å². The van der Waals surface area contributed by atoms with Crippen LogP contribution < -0.4 is 5.32 Å². The monoisotopic (exact) mass is 229 g/mol.